The van der Waals surface area contributed by atoms with Crippen molar-refractivity contribution in [2.24, 2.45) is 0 Å². The zero-order valence-corrected chi connectivity index (χ0v) is 30.3. The molecule has 0 fully saturated rings. The Labute approximate surface area is 324 Å². The molecule has 0 amide bonds. The van der Waals surface area contributed by atoms with Crippen LogP contribution >= 0.6 is 0 Å². The van der Waals surface area contributed by atoms with Gasteiger partial charge in [0.05, 0.1) is 22.6 Å². The predicted molar refractivity (Wildman–Crippen MR) is 230 cm³/mol. The summed E-state index contributed by atoms with van der Waals surface area (Å²) >= 11 is 0. The SMILES string of the molecule is c1ccc(-c2cccc(-n3c4c(c5ccccc53)-c3ccccc3N(c3nc(-c5ccccc5)nc(-c5ccc6ccccc6c5)n3)c3ccccc3-4)c2)cc1. The molecular formula is C51H33N5. The number of fused-ring (bicyclic) bond motifs is 8. The van der Waals surface area contributed by atoms with Crippen LogP contribution < -0.4 is 4.90 Å². The Morgan fingerprint density at radius 2 is 0.982 bits per heavy atom. The molecule has 10 aromatic rings. The smallest absolute Gasteiger partial charge is 0.238 e. The van der Waals surface area contributed by atoms with Crippen LogP contribution in [0.4, 0.5) is 17.3 Å². The first-order chi connectivity index (χ1) is 27.8. The van der Waals surface area contributed by atoms with Crippen molar-refractivity contribution in [1.82, 2.24) is 19.5 Å². The van der Waals surface area contributed by atoms with Gasteiger partial charge in [-0.05, 0) is 58.3 Å². The fourth-order valence-electron chi connectivity index (χ4n) is 8.22. The number of aromatic nitrogens is 4. The summed E-state index contributed by atoms with van der Waals surface area (Å²) < 4.78 is 2.43. The van der Waals surface area contributed by atoms with E-state index in [4.69, 9.17) is 15.0 Å². The Morgan fingerprint density at radius 1 is 0.375 bits per heavy atom. The molecule has 5 heteroatoms. The van der Waals surface area contributed by atoms with Gasteiger partial charge in [0.25, 0.3) is 0 Å². The summed E-state index contributed by atoms with van der Waals surface area (Å²) in [5.41, 5.74) is 12.9. The van der Waals surface area contributed by atoms with Gasteiger partial charge in [-0.1, -0.05) is 164 Å². The first-order valence-electron chi connectivity index (χ1n) is 18.9. The van der Waals surface area contributed by atoms with Gasteiger partial charge >= 0.3 is 0 Å². The highest BCUT2D eigenvalue weighted by Gasteiger charge is 2.32. The fraction of sp³-hybridized carbons (Fsp3) is 0. The minimum atomic E-state index is 0.550. The van der Waals surface area contributed by atoms with Crippen LogP contribution in [0.25, 0.3) is 83.6 Å². The largest absolute Gasteiger partial charge is 0.309 e. The molecule has 0 aliphatic carbocycles. The molecule has 0 radical (unpaired) electrons. The highest BCUT2D eigenvalue weighted by atomic mass is 15.3. The van der Waals surface area contributed by atoms with Gasteiger partial charge in [0.2, 0.25) is 5.95 Å². The monoisotopic (exact) mass is 715 g/mol. The minimum Gasteiger partial charge on any atom is -0.309 e. The Bertz CT molecular complexity index is 3090. The van der Waals surface area contributed by atoms with Crippen molar-refractivity contribution < 1.29 is 0 Å². The van der Waals surface area contributed by atoms with Crippen molar-refractivity contribution in [3.8, 4) is 62.0 Å². The Balaban J connectivity index is 1.20. The number of hydrogen-bond donors (Lipinski definition) is 0. The molecule has 5 nitrogen and oxygen atoms in total. The summed E-state index contributed by atoms with van der Waals surface area (Å²) in [6.45, 7) is 0. The molecule has 56 heavy (non-hydrogen) atoms. The van der Waals surface area contributed by atoms with E-state index in [1.807, 2.05) is 18.2 Å². The summed E-state index contributed by atoms with van der Waals surface area (Å²) in [5, 5.41) is 3.48. The van der Waals surface area contributed by atoms with Crippen LogP contribution in [0, 0.1) is 0 Å². The van der Waals surface area contributed by atoms with Crippen LogP contribution in [0.2, 0.25) is 0 Å². The van der Waals surface area contributed by atoms with E-state index in [1.54, 1.807) is 0 Å². The normalized spacial score (nSPS) is 11.9. The van der Waals surface area contributed by atoms with E-state index in [-0.39, 0.29) is 0 Å². The summed E-state index contributed by atoms with van der Waals surface area (Å²) in [5.74, 6) is 1.78. The zero-order valence-electron chi connectivity index (χ0n) is 30.3. The summed E-state index contributed by atoms with van der Waals surface area (Å²) in [6.07, 6.45) is 0. The lowest BCUT2D eigenvalue weighted by Gasteiger charge is -2.26. The van der Waals surface area contributed by atoms with Gasteiger partial charge < -0.3 is 4.57 Å². The van der Waals surface area contributed by atoms with Crippen molar-refractivity contribution >= 4 is 39.0 Å². The zero-order chi connectivity index (χ0) is 37.0. The molecule has 1 aliphatic rings. The Morgan fingerprint density at radius 3 is 1.79 bits per heavy atom. The maximum atomic E-state index is 5.33. The minimum absolute atomic E-state index is 0.550. The second-order valence-corrected chi connectivity index (χ2v) is 14.1. The lowest BCUT2D eigenvalue weighted by atomic mass is 9.98. The lowest BCUT2D eigenvalue weighted by Crippen LogP contribution is -2.16. The molecule has 262 valence electrons. The molecule has 3 heterocycles. The third-order valence-corrected chi connectivity index (χ3v) is 10.8. The third-order valence-electron chi connectivity index (χ3n) is 10.8. The van der Waals surface area contributed by atoms with Crippen LogP contribution in [0.15, 0.2) is 200 Å². The molecule has 0 N–H and O–H groups in total. The number of nitrogens with zero attached hydrogens (tertiary/aromatic N) is 5. The first kappa shape index (κ1) is 31.9. The van der Waals surface area contributed by atoms with Crippen LogP contribution in [0.1, 0.15) is 0 Å². The van der Waals surface area contributed by atoms with Gasteiger partial charge in [0.15, 0.2) is 11.6 Å². The van der Waals surface area contributed by atoms with Gasteiger partial charge in [0.1, 0.15) is 0 Å². The van der Waals surface area contributed by atoms with Crippen LogP contribution in [0.5, 0.6) is 0 Å². The van der Waals surface area contributed by atoms with E-state index in [1.165, 1.54) is 27.5 Å². The highest BCUT2D eigenvalue weighted by molar-refractivity contribution is 6.12. The molecule has 0 saturated heterocycles. The summed E-state index contributed by atoms with van der Waals surface area (Å²) in [4.78, 5) is 18.0. The van der Waals surface area contributed by atoms with Crippen molar-refractivity contribution in [3.63, 3.8) is 0 Å². The second-order valence-electron chi connectivity index (χ2n) is 14.1. The van der Waals surface area contributed by atoms with Gasteiger partial charge in [-0.2, -0.15) is 9.97 Å². The molecule has 2 aromatic heterocycles. The van der Waals surface area contributed by atoms with E-state index in [9.17, 15) is 0 Å². The number of rotatable bonds is 5. The molecule has 0 saturated carbocycles. The maximum Gasteiger partial charge on any atom is 0.238 e. The molecule has 1 aliphatic heterocycles. The topological polar surface area (TPSA) is 46.8 Å². The number of para-hydroxylation sites is 3. The van der Waals surface area contributed by atoms with Gasteiger partial charge in [-0.15, -0.1) is 0 Å². The standard InChI is InChI=1S/C51H33N5/c1-3-16-34(17-4-1)38-22-15-23-40(33-38)55-44-27-12-9-24-41(44)47-42-25-10-13-28-45(42)56(46-29-14-11-26-43(46)48(47)55)51-53-49(36-19-5-2-6-20-36)52-50(54-51)39-31-30-35-18-7-8-21-37(35)32-39/h1-33H. The van der Waals surface area contributed by atoms with Gasteiger partial charge in [-0.3, -0.25) is 4.90 Å². The maximum absolute atomic E-state index is 5.33. The van der Waals surface area contributed by atoms with Crippen molar-refractivity contribution in [1.29, 1.82) is 0 Å². The quantitative estimate of drug-likeness (QED) is 0.178. The van der Waals surface area contributed by atoms with Crippen molar-refractivity contribution in [3.05, 3.63) is 200 Å². The van der Waals surface area contributed by atoms with E-state index in [2.05, 4.69) is 191 Å². The summed E-state index contributed by atoms with van der Waals surface area (Å²) in [7, 11) is 0. The van der Waals surface area contributed by atoms with E-state index < -0.39 is 0 Å². The fourth-order valence-corrected chi connectivity index (χ4v) is 8.22. The molecule has 11 rings (SSSR count). The average Bonchev–Trinajstić information content (AvgIpc) is 3.56. The van der Waals surface area contributed by atoms with Crippen LogP contribution in [0.3, 0.4) is 0 Å². The van der Waals surface area contributed by atoms with Crippen LogP contribution in [-0.4, -0.2) is 19.5 Å². The third kappa shape index (κ3) is 5.21. The molecular weight excluding hydrogens is 683 g/mol. The lowest BCUT2D eigenvalue weighted by molar-refractivity contribution is 1.02. The van der Waals surface area contributed by atoms with Crippen molar-refractivity contribution in [2.45, 2.75) is 0 Å². The predicted octanol–water partition coefficient (Wildman–Crippen LogP) is 13.1. The molecule has 8 aromatic carbocycles. The first-order valence-corrected chi connectivity index (χ1v) is 18.9. The van der Waals surface area contributed by atoms with E-state index >= 15 is 0 Å². The highest BCUT2D eigenvalue weighted by Crippen LogP contribution is 2.54. The number of benzene rings is 8. The molecule has 0 bridgehead atoms. The molecule has 0 spiro atoms. The molecule has 0 unspecified atom stereocenters. The van der Waals surface area contributed by atoms with Crippen LogP contribution in [-0.2, 0) is 0 Å². The Kier molecular flexibility index (Phi) is 7.42. The summed E-state index contributed by atoms with van der Waals surface area (Å²) in [6, 6.07) is 70.5. The average molecular weight is 716 g/mol. The second kappa shape index (κ2) is 13.0. The molecule has 0 atom stereocenters. The van der Waals surface area contributed by atoms with Gasteiger partial charge in [0, 0.05) is 38.9 Å². The van der Waals surface area contributed by atoms with E-state index in [0.717, 1.165) is 55.9 Å². The number of hydrogen-bond acceptors (Lipinski definition) is 4. The van der Waals surface area contributed by atoms with Gasteiger partial charge in [-0.25, -0.2) is 4.98 Å². The number of anilines is 3. The Hall–Kier alpha value is -7.63. The van der Waals surface area contributed by atoms with Crippen molar-refractivity contribution in [2.75, 3.05) is 4.90 Å². The van der Waals surface area contributed by atoms with E-state index in [0.29, 0.717) is 17.6 Å².